The zero-order valence-corrected chi connectivity index (χ0v) is 15.4. The molecule has 0 saturated heterocycles. The smallest absolute Gasteiger partial charge is 0.257 e. The lowest BCUT2D eigenvalue weighted by Gasteiger charge is -2.04. The first-order valence-electron chi connectivity index (χ1n) is 8.53. The third kappa shape index (κ3) is 3.58. The van der Waals surface area contributed by atoms with E-state index in [1.54, 1.807) is 30.3 Å². The fourth-order valence-corrected chi connectivity index (χ4v) is 3.58. The molecule has 0 aliphatic carbocycles. The van der Waals surface area contributed by atoms with Crippen LogP contribution in [0.4, 0.5) is 5.13 Å². The van der Waals surface area contributed by atoms with E-state index in [0.29, 0.717) is 16.3 Å². The fourth-order valence-electron chi connectivity index (χ4n) is 2.72. The van der Waals surface area contributed by atoms with Crippen LogP contribution < -0.4 is 5.32 Å². The Kier molecular flexibility index (Phi) is 4.78. The van der Waals surface area contributed by atoms with Gasteiger partial charge >= 0.3 is 0 Å². The number of hydrogen-bond acceptors (Lipinski definition) is 5. The second-order valence-electron chi connectivity index (χ2n) is 6.04. The lowest BCUT2D eigenvalue weighted by atomic mass is 10.0. The van der Waals surface area contributed by atoms with E-state index in [9.17, 15) is 14.4 Å². The van der Waals surface area contributed by atoms with Gasteiger partial charge in [0.2, 0.25) is 11.6 Å². The minimum Gasteiger partial charge on any atom is -0.298 e. The van der Waals surface area contributed by atoms with Crippen LogP contribution >= 0.6 is 11.3 Å². The second-order valence-corrected chi connectivity index (χ2v) is 7.07. The molecular formula is C22H14N2O3S. The molecule has 28 heavy (non-hydrogen) atoms. The molecule has 6 heteroatoms. The van der Waals surface area contributed by atoms with E-state index >= 15 is 0 Å². The molecule has 0 bridgehead atoms. The third-order valence-corrected chi connectivity index (χ3v) is 5.12. The summed E-state index contributed by atoms with van der Waals surface area (Å²) in [6.45, 7) is 0. The minimum atomic E-state index is -0.607. The maximum absolute atomic E-state index is 12.4. The maximum atomic E-state index is 12.4. The molecule has 1 N–H and O–H groups in total. The standard InChI is InChI=1S/C22H14N2O3S/c25-19(14-6-2-1-3-7-14)20(26)15-10-12-16(13-11-15)21(27)24-22-23-17-8-4-5-9-18(17)28-22/h1-13H,(H,23,24,27). The number of ketones is 2. The van der Waals surface area contributed by atoms with E-state index in [-0.39, 0.29) is 11.5 Å². The monoisotopic (exact) mass is 386 g/mol. The number of para-hydroxylation sites is 1. The van der Waals surface area contributed by atoms with Gasteiger partial charge in [0.15, 0.2) is 5.13 Å². The van der Waals surface area contributed by atoms with Crippen LogP contribution in [0.2, 0.25) is 0 Å². The third-order valence-electron chi connectivity index (χ3n) is 4.17. The molecule has 1 amide bonds. The molecule has 0 atom stereocenters. The summed E-state index contributed by atoms with van der Waals surface area (Å²) >= 11 is 1.39. The molecule has 136 valence electrons. The quantitative estimate of drug-likeness (QED) is 0.401. The van der Waals surface area contributed by atoms with Crippen LogP contribution in [-0.2, 0) is 0 Å². The van der Waals surface area contributed by atoms with Crippen LogP contribution in [0.15, 0.2) is 78.9 Å². The van der Waals surface area contributed by atoms with Crippen molar-refractivity contribution in [2.24, 2.45) is 0 Å². The van der Waals surface area contributed by atoms with Crippen molar-refractivity contribution in [2.45, 2.75) is 0 Å². The average Bonchev–Trinajstić information content (AvgIpc) is 3.15. The summed E-state index contributed by atoms with van der Waals surface area (Å²) in [6.07, 6.45) is 0. The lowest BCUT2D eigenvalue weighted by Crippen LogP contribution is -2.15. The van der Waals surface area contributed by atoms with Gasteiger partial charge in [-0.05, 0) is 24.3 Å². The number of Topliss-reactive ketones (excluding diaryl/α,β-unsaturated/α-hetero) is 2. The van der Waals surface area contributed by atoms with Crippen molar-refractivity contribution < 1.29 is 14.4 Å². The Bertz CT molecular complexity index is 1150. The van der Waals surface area contributed by atoms with Gasteiger partial charge in [0.1, 0.15) is 0 Å². The van der Waals surface area contributed by atoms with Gasteiger partial charge in [-0.3, -0.25) is 19.7 Å². The van der Waals surface area contributed by atoms with Crippen molar-refractivity contribution in [3.63, 3.8) is 0 Å². The highest BCUT2D eigenvalue weighted by Crippen LogP contribution is 2.25. The Morgan fingerprint density at radius 2 is 1.25 bits per heavy atom. The summed E-state index contributed by atoms with van der Waals surface area (Å²) in [5, 5.41) is 3.27. The number of aromatic nitrogens is 1. The Morgan fingerprint density at radius 3 is 1.93 bits per heavy atom. The molecule has 1 heterocycles. The number of carbonyl (C=O) groups is 3. The van der Waals surface area contributed by atoms with E-state index in [1.165, 1.54) is 35.6 Å². The molecule has 0 spiro atoms. The van der Waals surface area contributed by atoms with Gasteiger partial charge in [-0.15, -0.1) is 0 Å². The summed E-state index contributed by atoms with van der Waals surface area (Å²) in [5.41, 5.74) is 1.78. The molecule has 0 aliphatic heterocycles. The summed E-state index contributed by atoms with van der Waals surface area (Å²) in [6, 6.07) is 22.0. The van der Waals surface area contributed by atoms with Gasteiger partial charge in [-0.2, -0.15) is 0 Å². The molecule has 0 saturated carbocycles. The molecule has 4 rings (SSSR count). The largest absolute Gasteiger partial charge is 0.298 e. The number of carbonyl (C=O) groups excluding carboxylic acids is 3. The first-order valence-corrected chi connectivity index (χ1v) is 9.34. The molecular weight excluding hydrogens is 372 g/mol. The number of benzene rings is 3. The van der Waals surface area contributed by atoms with Crippen molar-refractivity contribution in [1.82, 2.24) is 4.98 Å². The van der Waals surface area contributed by atoms with Gasteiger partial charge < -0.3 is 0 Å². The van der Waals surface area contributed by atoms with E-state index in [4.69, 9.17) is 0 Å². The average molecular weight is 386 g/mol. The number of amides is 1. The molecule has 4 aromatic rings. The van der Waals surface area contributed by atoms with Crippen molar-refractivity contribution in [3.8, 4) is 0 Å². The highest BCUT2D eigenvalue weighted by Gasteiger charge is 2.18. The molecule has 1 aromatic heterocycles. The van der Waals surface area contributed by atoms with Gasteiger partial charge in [0, 0.05) is 16.7 Å². The maximum Gasteiger partial charge on any atom is 0.257 e. The van der Waals surface area contributed by atoms with Gasteiger partial charge in [0.25, 0.3) is 5.91 Å². The SMILES string of the molecule is O=C(Nc1nc2ccccc2s1)c1ccc(C(=O)C(=O)c2ccccc2)cc1. The summed E-state index contributed by atoms with van der Waals surface area (Å²) in [7, 11) is 0. The predicted molar refractivity (Wildman–Crippen MR) is 109 cm³/mol. The number of nitrogens with one attached hydrogen (secondary N) is 1. The zero-order chi connectivity index (χ0) is 19.5. The number of hydrogen-bond donors (Lipinski definition) is 1. The number of nitrogens with zero attached hydrogens (tertiary/aromatic N) is 1. The van der Waals surface area contributed by atoms with E-state index < -0.39 is 11.6 Å². The topological polar surface area (TPSA) is 76.1 Å². The Balaban J connectivity index is 1.48. The number of thiazole rings is 1. The number of fused-ring (bicyclic) bond motifs is 1. The molecule has 5 nitrogen and oxygen atoms in total. The Morgan fingerprint density at radius 1 is 0.679 bits per heavy atom. The second kappa shape index (κ2) is 7.54. The van der Waals surface area contributed by atoms with Crippen LogP contribution in [0.25, 0.3) is 10.2 Å². The fraction of sp³-hybridized carbons (Fsp3) is 0. The van der Waals surface area contributed by atoms with Gasteiger partial charge in [-0.25, -0.2) is 4.98 Å². The normalized spacial score (nSPS) is 10.6. The molecule has 0 aliphatic rings. The van der Waals surface area contributed by atoms with Crippen LogP contribution in [0.5, 0.6) is 0 Å². The van der Waals surface area contributed by atoms with Crippen molar-refractivity contribution in [1.29, 1.82) is 0 Å². The number of rotatable bonds is 5. The van der Waals surface area contributed by atoms with E-state index in [0.717, 1.165) is 10.2 Å². The lowest BCUT2D eigenvalue weighted by molar-refractivity contribution is 0.0817. The Labute approximate surface area is 164 Å². The minimum absolute atomic E-state index is 0.241. The zero-order valence-electron chi connectivity index (χ0n) is 14.6. The first kappa shape index (κ1) is 17.8. The summed E-state index contributed by atoms with van der Waals surface area (Å²) in [4.78, 5) is 41.4. The van der Waals surface area contributed by atoms with Crippen LogP contribution in [0.3, 0.4) is 0 Å². The first-order chi connectivity index (χ1) is 13.6. The molecule has 3 aromatic carbocycles. The highest BCUT2D eigenvalue weighted by molar-refractivity contribution is 7.22. The summed E-state index contributed by atoms with van der Waals surface area (Å²) < 4.78 is 0.984. The summed E-state index contributed by atoms with van der Waals surface area (Å²) in [5.74, 6) is -1.51. The van der Waals surface area contributed by atoms with Crippen LogP contribution in [-0.4, -0.2) is 22.5 Å². The van der Waals surface area contributed by atoms with Crippen LogP contribution in [0.1, 0.15) is 31.1 Å². The van der Waals surface area contributed by atoms with Crippen molar-refractivity contribution in [2.75, 3.05) is 5.32 Å². The van der Waals surface area contributed by atoms with Gasteiger partial charge in [0.05, 0.1) is 10.2 Å². The van der Waals surface area contributed by atoms with E-state index in [1.807, 2.05) is 24.3 Å². The van der Waals surface area contributed by atoms with E-state index in [2.05, 4.69) is 10.3 Å². The molecule has 0 fully saturated rings. The molecule has 0 unspecified atom stereocenters. The van der Waals surface area contributed by atoms with Gasteiger partial charge in [-0.1, -0.05) is 65.9 Å². The predicted octanol–water partition coefficient (Wildman–Crippen LogP) is 4.61. The molecule has 0 radical (unpaired) electrons. The highest BCUT2D eigenvalue weighted by atomic mass is 32.1. The Hall–Kier alpha value is -3.64. The van der Waals surface area contributed by atoms with Crippen molar-refractivity contribution >= 4 is 44.2 Å². The van der Waals surface area contributed by atoms with Crippen molar-refractivity contribution in [3.05, 3.63) is 95.6 Å². The number of anilines is 1. The van der Waals surface area contributed by atoms with Crippen LogP contribution in [0, 0.1) is 0 Å².